The van der Waals surface area contributed by atoms with Crippen molar-refractivity contribution in [1.82, 2.24) is 4.57 Å². The minimum Gasteiger partial charge on any atom is -0.308 e. The van der Waals surface area contributed by atoms with E-state index in [2.05, 4.69) is 122 Å². The Kier molecular flexibility index (Phi) is 3.40. The van der Waals surface area contributed by atoms with Gasteiger partial charge in [-0.2, -0.15) is 0 Å². The zero-order chi connectivity index (χ0) is 21.4. The van der Waals surface area contributed by atoms with Gasteiger partial charge in [-0.25, -0.2) is 0 Å². The number of hydrogen-bond donors (Lipinski definition) is 0. The first-order valence-corrected chi connectivity index (χ1v) is 11.3. The average Bonchev–Trinajstić information content (AvgIpc) is 3.30. The lowest BCUT2D eigenvalue weighted by molar-refractivity contribution is 0.666. The molecule has 1 aliphatic rings. The van der Waals surface area contributed by atoms with Crippen molar-refractivity contribution in [2.45, 2.75) is 19.3 Å². The Morgan fingerprint density at radius 2 is 1.25 bits per heavy atom. The van der Waals surface area contributed by atoms with Crippen LogP contribution in [0.2, 0.25) is 0 Å². The van der Waals surface area contributed by atoms with Gasteiger partial charge in [-0.05, 0) is 39.4 Å². The molecule has 0 saturated heterocycles. The number of hydrogen-bond acceptors (Lipinski definition) is 0. The Morgan fingerprint density at radius 1 is 0.594 bits per heavy atom. The predicted molar refractivity (Wildman–Crippen MR) is 136 cm³/mol. The van der Waals surface area contributed by atoms with Crippen LogP contribution in [0.25, 0.3) is 49.4 Å². The van der Waals surface area contributed by atoms with Gasteiger partial charge in [0.05, 0.1) is 16.9 Å². The van der Waals surface area contributed by atoms with Crippen LogP contribution in [0.1, 0.15) is 25.0 Å². The third-order valence-corrected chi connectivity index (χ3v) is 7.35. The number of rotatable bonds is 1. The molecule has 0 unspecified atom stereocenters. The predicted octanol–water partition coefficient (Wildman–Crippen LogP) is 8.24. The molecule has 1 aliphatic carbocycles. The number of nitrogens with zero attached hydrogens (tertiary/aromatic N) is 1. The third kappa shape index (κ3) is 2.13. The Labute approximate surface area is 187 Å². The van der Waals surface area contributed by atoms with E-state index in [0.29, 0.717) is 0 Å². The van der Waals surface area contributed by atoms with E-state index in [1.165, 1.54) is 60.5 Å². The molecule has 6 aromatic rings. The number of benzene rings is 5. The first-order valence-electron chi connectivity index (χ1n) is 11.3. The van der Waals surface area contributed by atoms with Crippen molar-refractivity contribution in [3.05, 3.63) is 114 Å². The van der Waals surface area contributed by atoms with Crippen LogP contribution >= 0.6 is 0 Å². The van der Waals surface area contributed by atoms with Crippen LogP contribution in [-0.4, -0.2) is 4.57 Å². The molecule has 1 nitrogen and oxygen atoms in total. The summed E-state index contributed by atoms with van der Waals surface area (Å²) < 4.78 is 2.52. The van der Waals surface area contributed by atoms with Gasteiger partial charge < -0.3 is 4.57 Å². The van der Waals surface area contributed by atoms with Crippen molar-refractivity contribution in [1.29, 1.82) is 0 Å². The second-order valence-electron chi connectivity index (χ2n) is 9.41. The van der Waals surface area contributed by atoms with E-state index in [0.717, 1.165) is 0 Å². The average molecular weight is 410 g/mol. The van der Waals surface area contributed by atoms with Crippen molar-refractivity contribution in [3.8, 4) is 16.9 Å². The quantitative estimate of drug-likeness (QED) is 0.258. The Hall–Kier alpha value is -3.84. The Morgan fingerprint density at radius 3 is 2.09 bits per heavy atom. The minimum absolute atomic E-state index is 0.0653. The van der Waals surface area contributed by atoms with Crippen LogP contribution in [-0.2, 0) is 5.41 Å². The number of fused-ring (bicyclic) bond motifs is 8. The van der Waals surface area contributed by atoms with Crippen LogP contribution in [0.15, 0.2) is 103 Å². The molecule has 0 spiro atoms. The minimum atomic E-state index is -0.0653. The smallest absolute Gasteiger partial charge is 0.0585 e. The molecular weight excluding hydrogens is 386 g/mol. The van der Waals surface area contributed by atoms with Crippen molar-refractivity contribution in [2.24, 2.45) is 0 Å². The lowest BCUT2D eigenvalue weighted by Crippen LogP contribution is -2.14. The third-order valence-electron chi connectivity index (χ3n) is 7.35. The summed E-state index contributed by atoms with van der Waals surface area (Å²) in [6.45, 7) is 4.76. The molecule has 1 heteroatoms. The van der Waals surface area contributed by atoms with E-state index in [4.69, 9.17) is 0 Å². The van der Waals surface area contributed by atoms with E-state index in [1.54, 1.807) is 0 Å². The molecule has 0 radical (unpaired) electrons. The molecule has 32 heavy (non-hydrogen) atoms. The molecule has 5 aromatic carbocycles. The standard InChI is InChI=1S/C31H23N/c1-31(2)25-16-8-7-15-24(25)30-29(31)28-23-14-6-4-11-21(23)18-19-27(28)32(30)26-17-9-12-20-10-3-5-13-22(20)26/h3-19H,1-2H3. The lowest BCUT2D eigenvalue weighted by Gasteiger charge is -2.21. The first kappa shape index (κ1) is 17.8. The summed E-state index contributed by atoms with van der Waals surface area (Å²) in [5.74, 6) is 0. The first-order chi connectivity index (χ1) is 15.7. The summed E-state index contributed by atoms with van der Waals surface area (Å²) in [5.41, 5.74) is 8.01. The molecule has 0 bridgehead atoms. The van der Waals surface area contributed by atoms with Crippen LogP contribution < -0.4 is 0 Å². The summed E-state index contributed by atoms with van der Waals surface area (Å²) in [4.78, 5) is 0. The molecule has 1 heterocycles. The highest BCUT2D eigenvalue weighted by molar-refractivity contribution is 6.14. The maximum Gasteiger partial charge on any atom is 0.0585 e. The van der Waals surface area contributed by atoms with E-state index in [1.807, 2.05) is 0 Å². The monoisotopic (exact) mass is 409 g/mol. The Balaban J connectivity index is 1.76. The van der Waals surface area contributed by atoms with Crippen LogP contribution in [0.4, 0.5) is 0 Å². The van der Waals surface area contributed by atoms with Crippen LogP contribution in [0.3, 0.4) is 0 Å². The van der Waals surface area contributed by atoms with Gasteiger partial charge in [-0.15, -0.1) is 0 Å². The zero-order valence-electron chi connectivity index (χ0n) is 18.3. The van der Waals surface area contributed by atoms with Gasteiger partial charge in [0.25, 0.3) is 0 Å². The second-order valence-corrected chi connectivity index (χ2v) is 9.41. The topological polar surface area (TPSA) is 4.93 Å². The van der Waals surface area contributed by atoms with Crippen molar-refractivity contribution in [3.63, 3.8) is 0 Å². The molecule has 0 atom stereocenters. The Bertz CT molecular complexity index is 1690. The van der Waals surface area contributed by atoms with E-state index < -0.39 is 0 Å². The fraction of sp³-hybridized carbons (Fsp3) is 0.0968. The fourth-order valence-corrected chi connectivity index (χ4v) is 5.95. The van der Waals surface area contributed by atoms with Crippen molar-refractivity contribution in [2.75, 3.05) is 0 Å². The summed E-state index contributed by atoms with van der Waals surface area (Å²) in [6, 6.07) is 37.7. The summed E-state index contributed by atoms with van der Waals surface area (Å²) >= 11 is 0. The fourth-order valence-electron chi connectivity index (χ4n) is 5.95. The lowest BCUT2D eigenvalue weighted by atomic mass is 9.81. The molecule has 0 N–H and O–H groups in total. The highest BCUT2D eigenvalue weighted by atomic mass is 15.0. The molecule has 0 fully saturated rings. The molecule has 0 saturated carbocycles. The molecule has 1 aromatic heterocycles. The second kappa shape index (κ2) is 6.11. The van der Waals surface area contributed by atoms with Gasteiger partial charge in [0.1, 0.15) is 0 Å². The molecule has 0 amide bonds. The van der Waals surface area contributed by atoms with Crippen molar-refractivity contribution >= 4 is 32.4 Å². The van der Waals surface area contributed by atoms with Gasteiger partial charge in [-0.1, -0.05) is 105 Å². The van der Waals surface area contributed by atoms with Gasteiger partial charge in [0.15, 0.2) is 0 Å². The zero-order valence-corrected chi connectivity index (χ0v) is 18.3. The maximum absolute atomic E-state index is 2.52. The van der Waals surface area contributed by atoms with Gasteiger partial charge >= 0.3 is 0 Å². The SMILES string of the molecule is CC1(C)c2ccccc2-c2c1c1c3ccccc3ccc1n2-c1cccc2ccccc12. The highest BCUT2D eigenvalue weighted by Gasteiger charge is 2.41. The molecule has 0 aliphatic heterocycles. The largest absolute Gasteiger partial charge is 0.308 e. The summed E-state index contributed by atoms with van der Waals surface area (Å²) in [5, 5.41) is 6.56. The normalized spacial score (nSPS) is 14.2. The summed E-state index contributed by atoms with van der Waals surface area (Å²) in [6.07, 6.45) is 0. The van der Waals surface area contributed by atoms with Gasteiger partial charge in [0, 0.05) is 21.8 Å². The van der Waals surface area contributed by atoms with Gasteiger partial charge in [-0.3, -0.25) is 0 Å². The number of aromatic nitrogens is 1. The highest BCUT2D eigenvalue weighted by Crippen LogP contribution is 2.55. The van der Waals surface area contributed by atoms with Gasteiger partial charge in [0.2, 0.25) is 0 Å². The van der Waals surface area contributed by atoms with E-state index in [-0.39, 0.29) is 5.41 Å². The van der Waals surface area contributed by atoms with E-state index >= 15 is 0 Å². The van der Waals surface area contributed by atoms with Crippen LogP contribution in [0.5, 0.6) is 0 Å². The molecular formula is C31H23N. The molecule has 7 rings (SSSR count). The van der Waals surface area contributed by atoms with Crippen LogP contribution in [0, 0.1) is 0 Å². The van der Waals surface area contributed by atoms with Crippen molar-refractivity contribution < 1.29 is 0 Å². The van der Waals surface area contributed by atoms with E-state index in [9.17, 15) is 0 Å². The summed E-state index contributed by atoms with van der Waals surface area (Å²) in [7, 11) is 0. The molecule has 152 valence electrons. The maximum atomic E-state index is 2.52.